The highest BCUT2D eigenvalue weighted by Crippen LogP contribution is 2.24. The SMILES string of the molecule is Cc1cc(C)cc(N([C@@H](C)C(=O)NC[C@@H](C)c2ccccc2)S(C)(=O)=O)c1. The van der Waals surface area contributed by atoms with Crippen LogP contribution in [0.5, 0.6) is 0 Å². The maximum Gasteiger partial charge on any atom is 0.243 e. The minimum absolute atomic E-state index is 0.134. The first-order valence-corrected chi connectivity index (χ1v) is 10.8. The number of carbonyl (C=O) groups is 1. The second-order valence-corrected chi connectivity index (χ2v) is 9.00. The number of carbonyl (C=O) groups excluding carboxylic acids is 1. The number of amides is 1. The Morgan fingerprint density at radius 3 is 2.11 bits per heavy atom. The topological polar surface area (TPSA) is 66.5 Å². The fraction of sp³-hybridized carbons (Fsp3) is 0.381. The smallest absolute Gasteiger partial charge is 0.243 e. The van der Waals surface area contributed by atoms with Crippen molar-refractivity contribution in [3.05, 3.63) is 65.2 Å². The van der Waals surface area contributed by atoms with Gasteiger partial charge in [0.2, 0.25) is 15.9 Å². The van der Waals surface area contributed by atoms with Crippen LogP contribution in [0.25, 0.3) is 0 Å². The number of benzene rings is 2. The van der Waals surface area contributed by atoms with Crippen molar-refractivity contribution >= 4 is 21.6 Å². The Balaban J connectivity index is 2.17. The first-order valence-electron chi connectivity index (χ1n) is 9.00. The average Bonchev–Trinajstić information content (AvgIpc) is 2.58. The van der Waals surface area contributed by atoms with Crippen molar-refractivity contribution in [2.75, 3.05) is 17.1 Å². The number of aryl methyl sites for hydroxylation is 2. The second kappa shape index (κ2) is 8.57. The van der Waals surface area contributed by atoms with E-state index in [1.54, 1.807) is 19.1 Å². The van der Waals surface area contributed by atoms with Crippen LogP contribution in [0.2, 0.25) is 0 Å². The highest BCUT2D eigenvalue weighted by molar-refractivity contribution is 7.92. The summed E-state index contributed by atoms with van der Waals surface area (Å²) in [5, 5.41) is 2.89. The molecule has 2 atom stereocenters. The highest BCUT2D eigenvalue weighted by atomic mass is 32.2. The molecule has 1 amide bonds. The van der Waals surface area contributed by atoms with E-state index in [0.29, 0.717) is 12.2 Å². The van der Waals surface area contributed by atoms with Crippen molar-refractivity contribution in [3.63, 3.8) is 0 Å². The summed E-state index contributed by atoms with van der Waals surface area (Å²) in [6, 6.07) is 14.6. The first kappa shape index (κ1) is 21.0. The molecule has 146 valence electrons. The molecule has 0 aliphatic heterocycles. The molecule has 0 aromatic heterocycles. The summed E-state index contributed by atoms with van der Waals surface area (Å²) in [6.45, 7) is 7.89. The molecule has 2 rings (SSSR count). The van der Waals surface area contributed by atoms with E-state index < -0.39 is 16.1 Å². The summed E-state index contributed by atoms with van der Waals surface area (Å²) in [6.07, 6.45) is 1.13. The molecule has 0 radical (unpaired) electrons. The molecule has 0 heterocycles. The number of rotatable bonds is 7. The molecular formula is C21H28N2O3S. The quantitative estimate of drug-likeness (QED) is 0.791. The van der Waals surface area contributed by atoms with Crippen molar-refractivity contribution in [2.24, 2.45) is 0 Å². The number of nitrogens with zero attached hydrogens (tertiary/aromatic N) is 1. The maximum absolute atomic E-state index is 12.7. The van der Waals surface area contributed by atoms with Gasteiger partial charge in [-0.05, 0) is 55.5 Å². The van der Waals surface area contributed by atoms with E-state index in [-0.39, 0.29) is 11.8 Å². The predicted molar refractivity (Wildman–Crippen MR) is 111 cm³/mol. The van der Waals surface area contributed by atoms with Crippen LogP contribution in [0.15, 0.2) is 48.5 Å². The van der Waals surface area contributed by atoms with Crippen LogP contribution in [-0.4, -0.2) is 33.2 Å². The van der Waals surface area contributed by atoms with Gasteiger partial charge in [0.15, 0.2) is 0 Å². The maximum atomic E-state index is 12.7. The van der Waals surface area contributed by atoms with Crippen LogP contribution >= 0.6 is 0 Å². The molecule has 0 fully saturated rings. The van der Waals surface area contributed by atoms with Gasteiger partial charge in [0.1, 0.15) is 6.04 Å². The summed E-state index contributed by atoms with van der Waals surface area (Å²) in [5.41, 5.74) is 3.53. The fourth-order valence-corrected chi connectivity index (χ4v) is 4.35. The zero-order chi connectivity index (χ0) is 20.2. The van der Waals surface area contributed by atoms with Gasteiger partial charge < -0.3 is 5.32 Å². The van der Waals surface area contributed by atoms with Crippen LogP contribution in [0.1, 0.15) is 36.5 Å². The standard InChI is InChI=1S/C21H28N2O3S/c1-15-11-16(2)13-20(12-15)23(27(5,25)26)18(4)21(24)22-14-17(3)19-9-7-6-8-10-19/h6-13,17-18H,14H2,1-5H3,(H,22,24)/t17-,18+/m1/s1. The number of hydrogen-bond donors (Lipinski definition) is 1. The minimum Gasteiger partial charge on any atom is -0.354 e. The second-order valence-electron chi connectivity index (χ2n) is 7.14. The number of sulfonamides is 1. The fourth-order valence-electron chi connectivity index (χ4n) is 3.19. The first-order chi connectivity index (χ1) is 12.6. The van der Waals surface area contributed by atoms with Gasteiger partial charge in [0.05, 0.1) is 11.9 Å². The van der Waals surface area contributed by atoms with Gasteiger partial charge in [-0.1, -0.05) is 43.3 Å². The van der Waals surface area contributed by atoms with Gasteiger partial charge in [-0.25, -0.2) is 8.42 Å². The molecular weight excluding hydrogens is 360 g/mol. The van der Waals surface area contributed by atoms with Crippen molar-refractivity contribution < 1.29 is 13.2 Å². The van der Waals surface area contributed by atoms with Gasteiger partial charge in [-0.15, -0.1) is 0 Å². The molecule has 0 saturated heterocycles. The van der Waals surface area contributed by atoms with Crippen molar-refractivity contribution in [2.45, 2.75) is 39.7 Å². The Morgan fingerprint density at radius 2 is 1.59 bits per heavy atom. The largest absolute Gasteiger partial charge is 0.354 e. The lowest BCUT2D eigenvalue weighted by atomic mass is 10.0. The van der Waals surface area contributed by atoms with Crippen molar-refractivity contribution in [3.8, 4) is 0 Å². The predicted octanol–water partition coefficient (Wildman–Crippen LogP) is 3.38. The molecule has 2 aromatic carbocycles. The monoisotopic (exact) mass is 388 g/mol. The third-order valence-electron chi connectivity index (χ3n) is 4.50. The molecule has 0 spiro atoms. The zero-order valence-corrected chi connectivity index (χ0v) is 17.4. The van der Waals surface area contributed by atoms with Crippen LogP contribution < -0.4 is 9.62 Å². The third kappa shape index (κ3) is 5.57. The Hall–Kier alpha value is -2.34. The molecule has 0 aliphatic rings. The number of nitrogens with one attached hydrogen (secondary N) is 1. The molecule has 27 heavy (non-hydrogen) atoms. The molecule has 1 N–H and O–H groups in total. The van der Waals surface area contributed by atoms with Crippen LogP contribution in [0.4, 0.5) is 5.69 Å². The number of hydrogen-bond acceptors (Lipinski definition) is 3. The molecule has 0 aliphatic carbocycles. The van der Waals surface area contributed by atoms with Crippen molar-refractivity contribution in [1.29, 1.82) is 0 Å². The van der Waals surface area contributed by atoms with E-state index >= 15 is 0 Å². The molecule has 2 aromatic rings. The summed E-state index contributed by atoms with van der Waals surface area (Å²) in [5.74, 6) is -0.183. The summed E-state index contributed by atoms with van der Waals surface area (Å²) < 4.78 is 26.0. The van der Waals surface area contributed by atoms with E-state index in [0.717, 1.165) is 22.9 Å². The van der Waals surface area contributed by atoms with E-state index in [4.69, 9.17) is 0 Å². The van der Waals surface area contributed by atoms with Crippen LogP contribution in [-0.2, 0) is 14.8 Å². The molecule has 5 nitrogen and oxygen atoms in total. The Bertz CT molecular complexity index is 875. The summed E-state index contributed by atoms with van der Waals surface area (Å²) in [7, 11) is -3.61. The lowest BCUT2D eigenvalue weighted by Crippen LogP contribution is -2.48. The van der Waals surface area contributed by atoms with E-state index in [2.05, 4.69) is 5.32 Å². The average molecular weight is 389 g/mol. The van der Waals surface area contributed by atoms with Gasteiger partial charge in [0, 0.05) is 6.54 Å². The number of anilines is 1. The molecule has 0 bridgehead atoms. The Labute approximate surface area is 162 Å². The van der Waals surface area contributed by atoms with E-state index in [9.17, 15) is 13.2 Å². The van der Waals surface area contributed by atoms with Gasteiger partial charge in [0.25, 0.3) is 0 Å². The van der Waals surface area contributed by atoms with Gasteiger partial charge in [-0.2, -0.15) is 0 Å². The highest BCUT2D eigenvalue weighted by Gasteiger charge is 2.29. The Kier molecular flexibility index (Phi) is 6.65. The van der Waals surface area contributed by atoms with Gasteiger partial charge in [-0.3, -0.25) is 9.10 Å². The zero-order valence-electron chi connectivity index (χ0n) is 16.6. The molecule has 0 saturated carbocycles. The third-order valence-corrected chi connectivity index (χ3v) is 5.74. The normalized spacial score (nSPS) is 13.7. The van der Waals surface area contributed by atoms with Crippen molar-refractivity contribution in [1.82, 2.24) is 5.32 Å². The Morgan fingerprint density at radius 1 is 1.04 bits per heavy atom. The summed E-state index contributed by atoms with van der Waals surface area (Å²) in [4.78, 5) is 12.7. The van der Waals surface area contributed by atoms with E-state index in [1.165, 1.54) is 4.31 Å². The van der Waals surface area contributed by atoms with E-state index in [1.807, 2.05) is 57.2 Å². The van der Waals surface area contributed by atoms with Gasteiger partial charge >= 0.3 is 0 Å². The lowest BCUT2D eigenvalue weighted by Gasteiger charge is -2.29. The molecule has 0 unspecified atom stereocenters. The summed E-state index contributed by atoms with van der Waals surface area (Å²) >= 11 is 0. The van der Waals surface area contributed by atoms with Crippen LogP contribution in [0.3, 0.4) is 0 Å². The van der Waals surface area contributed by atoms with Crippen LogP contribution in [0, 0.1) is 13.8 Å². The minimum atomic E-state index is -3.61. The molecule has 6 heteroatoms. The lowest BCUT2D eigenvalue weighted by molar-refractivity contribution is -0.121.